The van der Waals surface area contributed by atoms with Gasteiger partial charge in [-0.15, -0.1) is 0 Å². The zero-order valence-electron chi connectivity index (χ0n) is 45.1. The lowest BCUT2D eigenvalue weighted by molar-refractivity contribution is -0.151. The van der Waals surface area contributed by atoms with Crippen LogP contribution in [0.2, 0.25) is 0 Å². The Morgan fingerprint density at radius 1 is 0.379 bits per heavy atom. The van der Waals surface area contributed by atoms with Crippen molar-refractivity contribution in [3.63, 3.8) is 0 Å². The van der Waals surface area contributed by atoms with Crippen molar-refractivity contribution in [2.24, 2.45) is 0 Å². The molecule has 0 aliphatic carbocycles. The molecule has 0 aliphatic rings. The van der Waals surface area contributed by atoms with Crippen LogP contribution in [0.5, 0.6) is 0 Å². The zero-order valence-corrected chi connectivity index (χ0v) is 45.1. The van der Waals surface area contributed by atoms with Crippen LogP contribution in [-0.2, 0) is 14.3 Å². The second-order valence-electron chi connectivity index (χ2n) is 21.1. The average molecular weight is 935 g/mol. The lowest BCUT2D eigenvalue weighted by atomic mass is 10.0. The summed E-state index contributed by atoms with van der Waals surface area (Å²) in [5, 5.41) is 23.9. The van der Waals surface area contributed by atoms with Crippen LogP contribution in [0.1, 0.15) is 348 Å². The molecule has 0 aromatic carbocycles. The first-order valence-electron chi connectivity index (χ1n) is 30.3. The molecule has 0 aliphatic heterocycles. The third-order valence-corrected chi connectivity index (χ3v) is 14.4. The number of amides is 1. The Bertz CT molecular complexity index is 959. The molecule has 0 aromatic rings. The van der Waals surface area contributed by atoms with E-state index in [-0.39, 0.29) is 24.9 Å². The molecule has 0 bridgehead atoms. The summed E-state index contributed by atoms with van der Waals surface area (Å²) in [4.78, 5) is 26.3. The second kappa shape index (κ2) is 54.8. The van der Waals surface area contributed by atoms with Crippen molar-refractivity contribution < 1.29 is 24.5 Å². The molecule has 1 amide bonds. The smallest absolute Gasteiger partial charge is 0.306 e. The molecule has 3 N–H and O–H groups in total. The minimum absolute atomic E-state index is 0.0889. The molecule has 0 aromatic heterocycles. The van der Waals surface area contributed by atoms with Gasteiger partial charge >= 0.3 is 5.97 Å². The first-order valence-corrected chi connectivity index (χ1v) is 30.3. The van der Waals surface area contributed by atoms with Crippen LogP contribution in [0, 0.1) is 0 Å². The number of rotatable bonds is 56. The van der Waals surface area contributed by atoms with Gasteiger partial charge in [-0.2, -0.15) is 0 Å². The van der Waals surface area contributed by atoms with Crippen molar-refractivity contribution in [3.8, 4) is 0 Å². The SMILES string of the molecule is CCCCCCCCCCCCCCCCCCC(CC(=O)NC(CO)C(O)CCCCCCCCCCCCCCCCCC)OC(=O)CCCCCCCCCCCCCCCCC. The lowest BCUT2D eigenvalue weighted by Gasteiger charge is -2.24. The maximum Gasteiger partial charge on any atom is 0.306 e. The van der Waals surface area contributed by atoms with Crippen LogP contribution >= 0.6 is 0 Å². The Morgan fingerprint density at radius 3 is 0.924 bits per heavy atom. The van der Waals surface area contributed by atoms with Crippen LogP contribution in [-0.4, -0.2) is 46.9 Å². The number of nitrogens with one attached hydrogen (secondary N) is 1. The molecule has 0 spiro atoms. The molecule has 6 nitrogen and oxygen atoms in total. The van der Waals surface area contributed by atoms with E-state index < -0.39 is 18.2 Å². The van der Waals surface area contributed by atoms with Crippen molar-refractivity contribution >= 4 is 11.9 Å². The van der Waals surface area contributed by atoms with E-state index in [4.69, 9.17) is 4.74 Å². The highest BCUT2D eigenvalue weighted by Crippen LogP contribution is 2.20. The standard InChI is InChI=1S/C60H119NO5/c1-4-7-10-13-16-19-22-25-28-31-33-36-39-42-45-48-51-56(66-60(65)53-50-47-44-41-38-35-30-27-24-21-18-15-12-9-6-3)54-59(64)61-57(55-62)58(63)52-49-46-43-40-37-34-32-29-26-23-20-17-14-11-8-5-2/h56-58,62-63H,4-55H2,1-3H3,(H,61,64). The maximum absolute atomic E-state index is 13.3. The fourth-order valence-corrected chi connectivity index (χ4v) is 9.85. The van der Waals surface area contributed by atoms with Gasteiger partial charge in [-0.05, 0) is 25.7 Å². The molecule has 394 valence electrons. The minimum Gasteiger partial charge on any atom is -0.462 e. The van der Waals surface area contributed by atoms with Gasteiger partial charge < -0.3 is 20.3 Å². The van der Waals surface area contributed by atoms with E-state index >= 15 is 0 Å². The number of ether oxygens (including phenoxy) is 1. The summed E-state index contributed by atoms with van der Waals surface area (Å²) in [5.74, 6) is -0.442. The van der Waals surface area contributed by atoms with Crippen molar-refractivity contribution in [1.82, 2.24) is 5.32 Å². The third-order valence-electron chi connectivity index (χ3n) is 14.4. The Balaban J connectivity index is 4.47. The van der Waals surface area contributed by atoms with Gasteiger partial charge in [0.1, 0.15) is 6.10 Å². The quantitative estimate of drug-likeness (QED) is 0.0417. The fraction of sp³-hybridized carbons (Fsp3) is 0.967. The van der Waals surface area contributed by atoms with Gasteiger partial charge in [0.2, 0.25) is 5.91 Å². The predicted molar refractivity (Wildman–Crippen MR) is 287 cm³/mol. The van der Waals surface area contributed by atoms with Crippen LogP contribution in [0.15, 0.2) is 0 Å². The van der Waals surface area contributed by atoms with Gasteiger partial charge in [0, 0.05) is 6.42 Å². The summed E-state index contributed by atoms with van der Waals surface area (Å²) in [5.41, 5.74) is 0. The van der Waals surface area contributed by atoms with E-state index in [1.165, 1.54) is 263 Å². The molecule has 0 saturated heterocycles. The largest absolute Gasteiger partial charge is 0.462 e. The van der Waals surface area contributed by atoms with Crippen LogP contribution in [0.3, 0.4) is 0 Å². The summed E-state index contributed by atoms with van der Waals surface area (Å²) in [6, 6.07) is -0.693. The van der Waals surface area contributed by atoms with Crippen molar-refractivity contribution in [2.45, 2.75) is 366 Å². The van der Waals surface area contributed by atoms with Gasteiger partial charge in [0.25, 0.3) is 0 Å². The predicted octanol–water partition coefficient (Wildman–Crippen LogP) is 18.7. The summed E-state index contributed by atoms with van der Waals surface area (Å²) in [7, 11) is 0. The number of hydrogen-bond donors (Lipinski definition) is 3. The Morgan fingerprint density at radius 2 is 0.636 bits per heavy atom. The second-order valence-corrected chi connectivity index (χ2v) is 21.1. The lowest BCUT2D eigenvalue weighted by Crippen LogP contribution is -2.46. The van der Waals surface area contributed by atoms with E-state index in [2.05, 4.69) is 26.1 Å². The summed E-state index contributed by atoms with van der Waals surface area (Å²) in [6.07, 6.45) is 61.7. The van der Waals surface area contributed by atoms with E-state index in [1.807, 2.05) is 0 Å². The van der Waals surface area contributed by atoms with Crippen molar-refractivity contribution in [2.75, 3.05) is 6.61 Å². The number of carbonyl (C=O) groups is 2. The van der Waals surface area contributed by atoms with E-state index in [0.717, 1.165) is 38.5 Å². The molecular weight excluding hydrogens is 815 g/mol. The topological polar surface area (TPSA) is 95.9 Å². The van der Waals surface area contributed by atoms with Crippen LogP contribution in [0.4, 0.5) is 0 Å². The van der Waals surface area contributed by atoms with E-state index in [9.17, 15) is 19.8 Å². The third kappa shape index (κ3) is 49.3. The molecule has 0 saturated carbocycles. The van der Waals surface area contributed by atoms with Crippen molar-refractivity contribution in [3.05, 3.63) is 0 Å². The molecule has 3 atom stereocenters. The Kier molecular flexibility index (Phi) is 53.8. The van der Waals surface area contributed by atoms with E-state index in [0.29, 0.717) is 19.3 Å². The van der Waals surface area contributed by atoms with Gasteiger partial charge in [0.05, 0.1) is 25.2 Å². The molecule has 0 fully saturated rings. The average Bonchev–Trinajstić information content (AvgIpc) is 3.31. The first-order chi connectivity index (χ1) is 32.5. The first kappa shape index (κ1) is 64.9. The molecule has 0 radical (unpaired) electrons. The highest BCUT2D eigenvalue weighted by molar-refractivity contribution is 5.77. The van der Waals surface area contributed by atoms with Gasteiger partial charge in [0.15, 0.2) is 0 Å². The Labute approximate surface area is 413 Å². The molecule has 3 unspecified atom stereocenters. The number of aliphatic hydroxyl groups is 2. The Hall–Kier alpha value is -1.14. The van der Waals surface area contributed by atoms with Gasteiger partial charge in [-0.3, -0.25) is 9.59 Å². The van der Waals surface area contributed by atoms with Crippen molar-refractivity contribution in [1.29, 1.82) is 0 Å². The highest BCUT2D eigenvalue weighted by Gasteiger charge is 2.24. The maximum atomic E-state index is 13.3. The highest BCUT2D eigenvalue weighted by atomic mass is 16.5. The molecule has 0 rings (SSSR count). The minimum atomic E-state index is -0.781. The normalized spacial score (nSPS) is 13.0. The van der Waals surface area contributed by atoms with Gasteiger partial charge in [-0.25, -0.2) is 0 Å². The molecule has 66 heavy (non-hydrogen) atoms. The van der Waals surface area contributed by atoms with Crippen LogP contribution < -0.4 is 5.32 Å². The van der Waals surface area contributed by atoms with E-state index in [1.54, 1.807) is 0 Å². The van der Waals surface area contributed by atoms with Crippen LogP contribution in [0.25, 0.3) is 0 Å². The zero-order chi connectivity index (χ0) is 48.1. The fourth-order valence-electron chi connectivity index (χ4n) is 9.85. The summed E-state index contributed by atoms with van der Waals surface area (Å²) < 4.78 is 5.98. The number of hydrogen-bond acceptors (Lipinski definition) is 5. The number of aliphatic hydroxyl groups excluding tert-OH is 2. The molecule has 6 heteroatoms. The number of esters is 1. The van der Waals surface area contributed by atoms with Gasteiger partial charge in [-0.1, -0.05) is 310 Å². The molecular formula is C60H119NO5. The summed E-state index contributed by atoms with van der Waals surface area (Å²) in [6.45, 7) is 6.55. The molecule has 0 heterocycles. The summed E-state index contributed by atoms with van der Waals surface area (Å²) >= 11 is 0. The monoisotopic (exact) mass is 934 g/mol. The number of carbonyl (C=O) groups excluding carboxylic acids is 2. The number of unbranched alkanes of at least 4 members (excludes halogenated alkanes) is 44.